The molecule has 2 aliphatic rings. The number of hydrogen-bond acceptors (Lipinski definition) is 4. The van der Waals surface area contributed by atoms with E-state index in [4.69, 9.17) is 5.73 Å². The van der Waals surface area contributed by atoms with Crippen molar-refractivity contribution in [1.82, 2.24) is 9.78 Å². The number of carbonyl (C=O) groups is 2. The van der Waals surface area contributed by atoms with Crippen LogP contribution < -0.4 is 11.1 Å². The van der Waals surface area contributed by atoms with Gasteiger partial charge < -0.3 is 11.1 Å². The number of primary amides is 1. The van der Waals surface area contributed by atoms with E-state index in [9.17, 15) is 22.8 Å². The van der Waals surface area contributed by atoms with E-state index >= 15 is 0 Å². The summed E-state index contributed by atoms with van der Waals surface area (Å²) in [4.78, 5) is 26.2. The minimum absolute atomic E-state index is 0.117. The summed E-state index contributed by atoms with van der Waals surface area (Å²) in [6, 6.07) is 0. The first-order valence-corrected chi connectivity index (χ1v) is 12.6. The van der Waals surface area contributed by atoms with E-state index in [1.54, 1.807) is 0 Å². The van der Waals surface area contributed by atoms with E-state index in [1.807, 2.05) is 0 Å². The summed E-state index contributed by atoms with van der Waals surface area (Å²) in [6.07, 6.45) is 0.930. The second kappa shape index (κ2) is 9.02. The molecule has 0 saturated carbocycles. The summed E-state index contributed by atoms with van der Waals surface area (Å²) in [5.74, 6) is -0.672. The summed E-state index contributed by atoms with van der Waals surface area (Å²) >= 11 is 1.35. The third-order valence-electron chi connectivity index (χ3n) is 7.06. The van der Waals surface area contributed by atoms with Crippen molar-refractivity contribution >= 4 is 28.2 Å². The van der Waals surface area contributed by atoms with E-state index in [2.05, 4.69) is 31.2 Å². The summed E-state index contributed by atoms with van der Waals surface area (Å²) in [7, 11) is 0. The first-order valence-electron chi connectivity index (χ1n) is 11.8. The van der Waals surface area contributed by atoms with Gasteiger partial charge in [0.2, 0.25) is 5.91 Å². The van der Waals surface area contributed by atoms with Crippen LogP contribution in [0.4, 0.5) is 18.2 Å². The molecule has 0 fully saturated rings. The summed E-state index contributed by atoms with van der Waals surface area (Å²) in [5, 5.41) is 6.93. The van der Waals surface area contributed by atoms with Crippen LogP contribution in [0.2, 0.25) is 0 Å². The largest absolute Gasteiger partial charge is 0.435 e. The van der Waals surface area contributed by atoms with Gasteiger partial charge in [0.05, 0.1) is 5.56 Å². The SMILES string of the molecule is CC(C)(C)[C@@H]1CCc2c(sc(NC(=O)Cn3nc(C(F)(F)F)c4c3CCCCC4)c2C(N)=O)C1. The van der Waals surface area contributed by atoms with Gasteiger partial charge in [-0.3, -0.25) is 14.3 Å². The van der Waals surface area contributed by atoms with Crippen LogP contribution in [0.5, 0.6) is 0 Å². The van der Waals surface area contributed by atoms with Crippen LogP contribution >= 0.6 is 11.3 Å². The lowest BCUT2D eigenvalue weighted by Crippen LogP contribution is -2.27. The normalized spacial score (nSPS) is 18.7. The Balaban J connectivity index is 1.59. The van der Waals surface area contributed by atoms with Gasteiger partial charge >= 0.3 is 6.18 Å². The van der Waals surface area contributed by atoms with E-state index < -0.39 is 23.7 Å². The summed E-state index contributed by atoms with van der Waals surface area (Å²) in [5.41, 5.74) is 6.79. The Labute approximate surface area is 201 Å². The fourth-order valence-electron chi connectivity index (χ4n) is 5.18. The number of fused-ring (bicyclic) bond motifs is 2. The van der Waals surface area contributed by atoms with Gasteiger partial charge in [0.25, 0.3) is 5.91 Å². The number of anilines is 1. The topological polar surface area (TPSA) is 90.0 Å². The van der Waals surface area contributed by atoms with E-state index in [-0.39, 0.29) is 17.5 Å². The molecule has 1 atom stereocenters. The van der Waals surface area contributed by atoms with E-state index in [1.165, 1.54) is 16.0 Å². The minimum Gasteiger partial charge on any atom is -0.365 e. The number of carbonyl (C=O) groups excluding carboxylic acids is 2. The Bertz CT molecular complexity index is 1110. The molecule has 0 saturated heterocycles. The molecule has 0 radical (unpaired) electrons. The van der Waals surface area contributed by atoms with Gasteiger partial charge in [0.1, 0.15) is 11.5 Å². The van der Waals surface area contributed by atoms with E-state index in [0.29, 0.717) is 47.9 Å². The standard InChI is InChI=1S/C24H31F3N4O2S/c1-23(2,3)13-9-10-15-17(11-13)34-22(19(15)21(28)33)29-18(32)12-31-16-8-6-4-5-7-14(16)20(30-31)24(25,26)27/h13H,4-12H2,1-3H3,(H2,28,33)(H,29,32)/t13-/m1/s1. The van der Waals surface area contributed by atoms with Crippen molar-refractivity contribution < 1.29 is 22.8 Å². The summed E-state index contributed by atoms with van der Waals surface area (Å²) < 4.78 is 41.9. The number of halogens is 3. The zero-order chi connectivity index (χ0) is 24.8. The monoisotopic (exact) mass is 496 g/mol. The van der Waals surface area contributed by atoms with Gasteiger partial charge in [-0.15, -0.1) is 11.3 Å². The Morgan fingerprint density at radius 1 is 1.12 bits per heavy atom. The number of thiophene rings is 1. The molecule has 0 unspecified atom stereocenters. The van der Waals surface area contributed by atoms with Crippen molar-refractivity contribution in [1.29, 1.82) is 0 Å². The second-order valence-electron chi connectivity index (χ2n) is 10.4. The molecule has 2 aromatic rings. The smallest absolute Gasteiger partial charge is 0.365 e. The lowest BCUT2D eigenvalue weighted by Gasteiger charge is -2.33. The van der Waals surface area contributed by atoms with Gasteiger partial charge in [-0.05, 0) is 61.8 Å². The number of aromatic nitrogens is 2. The minimum atomic E-state index is -4.56. The summed E-state index contributed by atoms with van der Waals surface area (Å²) in [6.45, 7) is 6.23. The zero-order valence-electron chi connectivity index (χ0n) is 19.8. The van der Waals surface area contributed by atoms with Crippen LogP contribution in [0.15, 0.2) is 0 Å². The molecule has 2 amide bonds. The van der Waals surface area contributed by atoms with Gasteiger partial charge in [-0.2, -0.15) is 18.3 Å². The van der Waals surface area contributed by atoms with Gasteiger partial charge in [0.15, 0.2) is 5.69 Å². The van der Waals surface area contributed by atoms with Gasteiger partial charge in [-0.25, -0.2) is 0 Å². The highest BCUT2D eigenvalue weighted by Gasteiger charge is 2.39. The molecule has 0 aromatic carbocycles. The first kappa shape index (κ1) is 24.8. The molecule has 0 aliphatic heterocycles. The molecule has 0 bridgehead atoms. The number of nitrogens with one attached hydrogen (secondary N) is 1. The fraction of sp³-hybridized carbons (Fsp3) is 0.625. The van der Waals surface area contributed by atoms with Crippen LogP contribution in [0, 0.1) is 11.3 Å². The molecule has 6 nitrogen and oxygen atoms in total. The predicted molar refractivity (Wildman–Crippen MR) is 125 cm³/mol. The third-order valence-corrected chi connectivity index (χ3v) is 8.23. The Morgan fingerprint density at radius 3 is 2.47 bits per heavy atom. The quantitative estimate of drug-likeness (QED) is 0.576. The van der Waals surface area contributed by atoms with Crippen molar-refractivity contribution in [2.24, 2.45) is 17.1 Å². The molecule has 4 rings (SSSR count). The van der Waals surface area contributed by atoms with Gasteiger partial charge in [0, 0.05) is 16.1 Å². The Morgan fingerprint density at radius 2 is 1.82 bits per heavy atom. The Hall–Kier alpha value is -2.36. The zero-order valence-corrected chi connectivity index (χ0v) is 20.6. The highest BCUT2D eigenvalue weighted by molar-refractivity contribution is 7.17. The Kier molecular flexibility index (Phi) is 6.56. The molecule has 0 spiro atoms. The lowest BCUT2D eigenvalue weighted by atomic mass is 9.72. The number of hydrogen-bond donors (Lipinski definition) is 2. The molecule has 186 valence electrons. The number of alkyl halides is 3. The molecular weight excluding hydrogens is 465 g/mol. The number of nitrogens with zero attached hydrogens (tertiary/aromatic N) is 2. The molecule has 34 heavy (non-hydrogen) atoms. The first-order chi connectivity index (χ1) is 15.9. The fourth-order valence-corrected chi connectivity index (χ4v) is 6.53. The maximum atomic E-state index is 13.6. The number of nitrogens with two attached hydrogens (primary N) is 1. The van der Waals surface area contributed by atoms with Crippen LogP contribution in [0.25, 0.3) is 0 Å². The molecule has 2 heterocycles. The lowest BCUT2D eigenvalue weighted by molar-refractivity contribution is -0.142. The second-order valence-corrected chi connectivity index (χ2v) is 11.5. The molecule has 3 N–H and O–H groups in total. The highest BCUT2D eigenvalue weighted by Crippen LogP contribution is 2.44. The van der Waals surface area contributed by atoms with Crippen LogP contribution in [0.1, 0.15) is 84.2 Å². The maximum absolute atomic E-state index is 13.6. The van der Waals surface area contributed by atoms with Crippen LogP contribution in [0.3, 0.4) is 0 Å². The number of rotatable bonds is 4. The predicted octanol–water partition coefficient (Wildman–Crippen LogP) is 5.12. The molecule has 2 aromatic heterocycles. The number of amides is 2. The average Bonchev–Trinajstić information content (AvgIpc) is 3.14. The van der Waals surface area contributed by atoms with Crippen LogP contribution in [-0.4, -0.2) is 21.6 Å². The molecule has 10 heteroatoms. The highest BCUT2D eigenvalue weighted by atomic mass is 32.1. The average molecular weight is 497 g/mol. The van der Waals surface area contributed by atoms with Crippen molar-refractivity contribution in [2.45, 2.75) is 84.9 Å². The van der Waals surface area contributed by atoms with Gasteiger partial charge in [-0.1, -0.05) is 27.2 Å². The molecule has 2 aliphatic carbocycles. The molecular formula is C24H31F3N4O2S. The van der Waals surface area contributed by atoms with Crippen molar-refractivity contribution in [3.8, 4) is 0 Å². The van der Waals surface area contributed by atoms with Crippen molar-refractivity contribution in [2.75, 3.05) is 5.32 Å². The van der Waals surface area contributed by atoms with Crippen molar-refractivity contribution in [3.05, 3.63) is 33.0 Å². The van der Waals surface area contributed by atoms with E-state index in [0.717, 1.165) is 36.1 Å². The van der Waals surface area contributed by atoms with Crippen LogP contribution in [-0.2, 0) is 43.2 Å². The third kappa shape index (κ3) is 4.87. The van der Waals surface area contributed by atoms with Crippen molar-refractivity contribution in [3.63, 3.8) is 0 Å². The maximum Gasteiger partial charge on any atom is 0.435 e.